The van der Waals surface area contributed by atoms with Crippen molar-refractivity contribution in [1.82, 2.24) is 4.90 Å². The van der Waals surface area contributed by atoms with Crippen LogP contribution in [0.3, 0.4) is 0 Å². The second-order valence-corrected chi connectivity index (χ2v) is 8.05. The lowest BCUT2D eigenvalue weighted by Crippen LogP contribution is -2.52. The molecule has 0 aliphatic carbocycles. The number of aliphatic imine (C=N–C) groups is 1. The standard InChI is InChI=1S/C20H20ClFN2OS.BrH/c21-17-6-2-1-5-16(17)18(14-7-9-15(22)10-8-14)20(25)13-26-19-23-11-3-4-12-24(19)20;/h1-2,5-10,18,25H,3-4,11-13H2;1H. The van der Waals surface area contributed by atoms with Crippen molar-refractivity contribution in [3.05, 3.63) is 70.5 Å². The summed E-state index contributed by atoms with van der Waals surface area (Å²) in [6.07, 6.45) is 2.00. The van der Waals surface area contributed by atoms with Gasteiger partial charge >= 0.3 is 0 Å². The van der Waals surface area contributed by atoms with Gasteiger partial charge in [-0.1, -0.05) is 53.7 Å². The smallest absolute Gasteiger partial charge is 0.161 e. The lowest BCUT2D eigenvalue weighted by atomic mass is 9.82. The summed E-state index contributed by atoms with van der Waals surface area (Å²) in [5.41, 5.74) is 0.527. The molecular formula is C20H21BrClFN2OS. The van der Waals surface area contributed by atoms with E-state index in [1.165, 1.54) is 12.1 Å². The van der Waals surface area contributed by atoms with Crippen LogP contribution in [0.2, 0.25) is 5.02 Å². The highest BCUT2D eigenvalue weighted by Gasteiger charge is 2.50. The maximum absolute atomic E-state index is 13.5. The third-order valence-electron chi connectivity index (χ3n) is 5.03. The number of nitrogens with zero attached hydrogens (tertiary/aromatic N) is 2. The van der Waals surface area contributed by atoms with E-state index < -0.39 is 11.6 Å². The molecule has 4 rings (SSSR count). The van der Waals surface area contributed by atoms with Gasteiger partial charge in [-0.15, -0.1) is 17.0 Å². The summed E-state index contributed by atoms with van der Waals surface area (Å²) in [4.78, 5) is 6.66. The van der Waals surface area contributed by atoms with Gasteiger partial charge in [-0.25, -0.2) is 4.39 Å². The highest BCUT2D eigenvalue weighted by molar-refractivity contribution is 8.93. The maximum Gasteiger partial charge on any atom is 0.161 e. The first-order chi connectivity index (χ1) is 12.6. The molecule has 2 aromatic carbocycles. The van der Waals surface area contributed by atoms with Crippen molar-refractivity contribution in [3.8, 4) is 0 Å². The minimum Gasteiger partial charge on any atom is -0.369 e. The van der Waals surface area contributed by atoms with Gasteiger partial charge in [-0.05, 0) is 42.2 Å². The lowest BCUT2D eigenvalue weighted by molar-refractivity contribution is -0.0552. The zero-order valence-electron chi connectivity index (χ0n) is 14.6. The fourth-order valence-electron chi connectivity index (χ4n) is 3.77. The minimum absolute atomic E-state index is 0. The number of thioether (sulfide) groups is 1. The molecule has 2 aliphatic rings. The van der Waals surface area contributed by atoms with Crippen LogP contribution in [0, 0.1) is 5.82 Å². The van der Waals surface area contributed by atoms with E-state index in [0.29, 0.717) is 10.8 Å². The quantitative estimate of drug-likeness (QED) is 0.678. The van der Waals surface area contributed by atoms with Crippen LogP contribution in [-0.4, -0.2) is 39.7 Å². The van der Waals surface area contributed by atoms with Gasteiger partial charge in [0.05, 0.1) is 5.92 Å². The van der Waals surface area contributed by atoms with Gasteiger partial charge in [0.1, 0.15) is 5.82 Å². The van der Waals surface area contributed by atoms with E-state index in [1.807, 2.05) is 29.2 Å². The molecule has 144 valence electrons. The van der Waals surface area contributed by atoms with Crippen LogP contribution in [0.5, 0.6) is 0 Å². The van der Waals surface area contributed by atoms with Crippen LogP contribution < -0.4 is 0 Å². The predicted molar refractivity (Wildman–Crippen MR) is 116 cm³/mol. The van der Waals surface area contributed by atoms with Gasteiger partial charge in [-0.3, -0.25) is 4.99 Å². The number of benzene rings is 2. The molecule has 7 heteroatoms. The van der Waals surface area contributed by atoms with E-state index >= 15 is 0 Å². The number of hydrogen-bond acceptors (Lipinski definition) is 4. The van der Waals surface area contributed by atoms with Crippen LogP contribution in [0.1, 0.15) is 29.9 Å². The minimum atomic E-state index is -1.16. The number of halogens is 3. The number of amidine groups is 1. The Kier molecular flexibility index (Phi) is 6.51. The molecule has 27 heavy (non-hydrogen) atoms. The Morgan fingerprint density at radius 1 is 1.15 bits per heavy atom. The SMILES string of the molecule is Br.OC1(C(c2ccc(F)cc2)c2ccccc2Cl)CSC2=NCCCCN21. The molecule has 1 N–H and O–H groups in total. The van der Waals surface area contributed by atoms with E-state index in [-0.39, 0.29) is 22.8 Å². The Balaban J connectivity index is 0.00000210. The van der Waals surface area contributed by atoms with Gasteiger partial charge in [0.2, 0.25) is 0 Å². The van der Waals surface area contributed by atoms with Crippen LogP contribution in [0.25, 0.3) is 0 Å². The average Bonchev–Trinajstić information content (AvgIpc) is 2.82. The molecule has 2 aromatic rings. The van der Waals surface area contributed by atoms with Crippen molar-refractivity contribution < 1.29 is 9.50 Å². The Morgan fingerprint density at radius 3 is 2.63 bits per heavy atom. The number of rotatable bonds is 3. The van der Waals surface area contributed by atoms with E-state index in [0.717, 1.165) is 42.2 Å². The van der Waals surface area contributed by atoms with E-state index in [9.17, 15) is 9.50 Å². The predicted octanol–water partition coefficient (Wildman–Crippen LogP) is 5.08. The maximum atomic E-state index is 13.5. The number of hydrogen-bond donors (Lipinski definition) is 1. The first-order valence-corrected chi connectivity index (χ1v) is 10.1. The van der Waals surface area contributed by atoms with Crippen molar-refractivity contribution in [1.29, 1.82) is 0 Å². The molecule has 0 radical (unpaired) electrons. The molecule has 0 saturated carbocycles. The molecule has 2 heterocycles. The highest BCUT2D eigenvalue weighted by Crippen LogP contribution is 2.46. The van der Waals surface area contributed by atoms with Gasteiger partial charge in [0.15, 0.2) is 10.9 Å². The summed E-state index contributed by atoms with van der Waals surface area (Å²) >= 11 is 8.09. The summed E-state index contributed by atoms with van der Waals surface area (Å²) in [6, 6.07) is 13.9. The van der Waals surface area contributed by atoms with Crippen molar-refractivity contribution in [3.63, 3.8) is 0 Å². The third kappa shape index (κ3) is 3.90. The first-order valence-electron chi connectivity index (χ1n) is 8.77. The van der Waals surface area contributed by atoms with Crippen LogP contribution in [-0.2, 0) is 0 Å². The number of aliphatic hydroxyl groups is 1. The summed E-state index contributed by atoms with van der Waals surface area (Å²) in [5, 5.41) is 13.3. The van der Waals surface area contributed by atoms with E-state index in [2.05, 4.69) is 4.99 Å². The van der Waals surface area contributed by atoms with Crippen LogP contribution in [0.4, 0.5) is 4.39 Å². The van der Waals surface area contributed by atoms with Gasteiger partial charge < -0.3 is 10.0 Å². The Morgan fingerprint density at radius 2 is 1.89 bits per heavy atom. The van der Waals surface area contributed by atoms with Gasteiger partial charge in [-0.2, -0.15) is 0 Å². The second kappa shape index (κ2) is 8.52. The Labute approximate surface area is 178 Å². The Bertz CT molecular complexity index is 835. The van der Waals surface area contributed by atoms with Crippen molar-refractivity contribution >= 4 is 45.5 Å². The normalized spacial score (nSPS) is 23.1. The van der Waals surface area contributed by atoms with Crippen molar-refractivity contribution in [2.24, 2.45) is 4.99 Å². The third-order valence-corrected chi connectivity index (χ3v) is 6.55. The molecule has 0 amide bonds. The summed E-state index contributed by atoms with van der Waals surface area (Å²) in [7, 11) is 0. The molecule has 2 atom stereocenters. The molecule has 0 aromatic heterocycles. The zero-order chi connectivity index (χ0) is 18.1. The van der Waals surface area contributed by atoms with Gasteiger partial charge in [0.25, 0.3) is 0 Å². The first kappa shape index (κ1) is 20.6. The highest BCUT2D eigenvalue weighted by atomic mass is 79.9. The second-order valence-electron chi connectivity index (χ2n) is 6.70. The molecule has 3 nitrogen and oxygen atoms in total. The Hall–Kier alpha value is -1.08. The van der Waals surface area contributed by atoms with E-state index in [1.54, 1.807) is 23.9 Å². The molecule has 1 fully saturated rings. The fourth-order valence-corrected chi connectivity index (χ4v) is 5.26. The molecule has 2 aliphatic heterocycles. The summed E-state index contributed by atoms with van der Waals surface area (Å²) in [6.45, 7) is 1.55. The molecule has 0 spiro atoms. The largest absolute Gasteiger partial charge is 0.369 e. The molecular weight excluding hydrogens is 451 g/mol. The van der Waals surface area contributed by atoms with Crippen molar-refractivity contribution in [2.75, 3.05) is 18.8 Å². The lowest BCUT2D eigenvalue weighted by Gasteiger charge is -2.41. The monoisotopic (exact) mass is 470 g/mol. The zero-order valence-corrected chi connectivity index (χ0v) is 17.9. The topological polar surface area (TPSA) is 35.8 Å². The molecule has 1 saturated heterocycles. The summed E-state index contributed by atoms with van der Waals surface area (Å²) in [5.74, 6) is -0.189. The average molecular weight is 472 g/mol. The van der Waals surface area contributed by atoms with Crippen LogP contribution >= 0.6 is 40.3 Å². The summed E-state index contributed by atoms with van der Waals surface area (Å²) < 4.78 is 13.5. The van der Waals surface area contributed by atoms with Crippen LogP contribution in [0.15, 0.2) is 53.5 Å². The molecule has 0 bridgehead atoms. The van der Waals surface area contributed by atoms with Crippen molar-refractivity contribution in [2.45, 2.75) is 24.5 Å². The fraction of sp³-hybridized carbons (Fsp3) is 0.350. The van der Waals surface area contributed by atoms with Gasteiger partial charge in [0, 0.05) is 23.9 Å². The number of fused-ring (bicyclic) bond motifs is 1. The molecule has 2 unspecified atom stereocenters. The van der Waals surface area contributed by atoms with E-state index in [4.69, 9.17) is 11.6 Å².